The van der Waals surface area contributed by atoms with Gasteiger partial charge in [0, 0.05) is 5.02 Å². The van der Waals surface area contributed by atoms with Gasteiger partial charge >= 0.3 is 0 Å². The highest BCUT2D eigenvalue weighted by molar-refractivity contribution is 6.30. The molecule has 0 saturated heterocycles. The van der Waals surface area contributed by atoms with E-state index in [2.05, 4.69) is 5.32 Å². The Morgan fingerprint density at radius 3 is 2.36 bits per heavy atom. The molecule has 0 saturated carbocycles. The van der Waals surface area contributed by atoms with Gasteiger partial charge < -0.3 is 10.1 Å². The van der Waals surface area contributed by atoms with Crippen molar-refractivity contribution in [3.63, 3.8) is 0 Å². The molecule has 2 aromatic rings. The number of benzene rings is 2. The van der Waals surface area contributed by atoms with Crippen molar-refractivity contribution in [3.05, 3.63) is 58.9 Å². The van der Waals surface area contributed by atoms with Crippen LogP contribution >= 0.6 is 11.6 Å². The Morgan fingerprint density at radius 2 is 1.73 bits per heavy atom. The van der Waals surface area contributed by atoms with Crippen molar-refractivity contribution >= 4 is 23.2 Å². The van der Waals surface area contributed by atoms with Crippen LogP contribution in [0.1, 0.15) is 6.92 Å². The number of nitrogens with one attached hydrogen (secondary N) is 1. The summed E-state index contributed by atoms with van der Waals surface area (Å²) in [6, 6.07) is 7.93. The Labute approximate surface area is 129 Å². The third-order valence-electron chi connectivity index (χ3n) is 2.79. The lowest BCUT2D eigenvalue weighted by molar-refractivity contribution is -0.122. The fourth-order valence-electron chi connectivity index (χ4n) is 1.63. The highest BCUT2D eigenvalue weighted by atomic mass is 35.5. The van der Waals surface area contributed by atoms with Gasteiger partial charge in [0.05, 0.1) is 5.69 Å². The molecule has 0 unspecified atom stereocenters. The molecule has 1 amide bonds. The summed E-state index contributed by atoms with van der Waals surface area (Å²) in [5.74, 6) is -4.77. The van der Waals surface area contributed by atoms with E-state index in [1.807, 2.05) is 0 Å². The maximum Gasteiger partial charge on any atom is 0.265 e. The van der Waals surface area contributed by atoms with Crippen LogP contribution in [0.3, 0.4) is 0 Å². The first kappa shape index (κ1) is 16.2. The van der Waals surface area contributed by atoms with E-state index in [1.54, 1.807) is 24.3 Å². The van der Waals surface area contributed by atoms with E-state index in [0.29, 0.717) is 10.8 Å². The van der Waals surface area contributed by atoms with Crippen LogP contribution in [0.2, 0.25) is 5.02 Å². The van der Waals surface area contributed by atoms with Crippen LogP contribution in [-0.4, -0.2) is 12.0 Å². The van der Waals surface area contributed by atoms with Crippen LogP contribution in [0, 0.1) is 17.5 Å². The molecule has 0 bridgehead atoms. The average molecular weight is 330 g/mol. The Kier molecular flexibility index (Phi) is 4.92. The normalized spacial score (nSPS) is 11.9. The molecule has 0 aliphatic heterocycles. The van der Waals surface area contributed by atoms with Crippen molar-refractivity contribution in [1.82, 2.24) is 0 Å². The molecule has 0 heterocycles. The molecule has 2 aromatic carbocycles. The van der Waals surface area contributed by atoms with Crippen molar-refractivity contribution in [2.45, 2.75) is 13.0 Å². The number of amides is 1. The fraction of sp³-hybridized carbons (Fsp3) is 0.133. The van der Waals surface area contributed by atoms with Crippen molar-refractivity contribution in [1.29, 1.82) is 0 Å². The van der Waals surface area contributed by atoms with Gasteiger partial charge in [-0.2, -0.15) is 0 Å². The lowest BCUT2D eigenvalue weighted by Crippen LogP contribution is -2.30. The molecule has 116 valence electrons. The van der Waals surface area contributed by atoms with Gasteiger partial charge in [0.25, 0.3) is 5.91 Å². The predicted molar refractivity (Wildman–Crippen MR) is 76.5 cm³/mol. The van der Waals surface area contributed by atoms with Gasteiger partial charge in [0.1, 0.15) is 5.75 Å². The van der Waals surface area contributed by atoms with E-state index in [-0.39, 0.29) is 0 Å². The second-order valence-corrected chi connectivity index (χ2v) is 4.86. The van der Waals surface area contributed by atoms with Crippen molar-refractivity contribution < 1.29 is 22.7 Å². The lowest BCUT2D eigenvalue weighted by atomic mass is 10.2. The molecular weight excluding hydrogens is 319 g/mol. The highest BCUT2D eigenvalue weighted by Gasteiger charge is 2.19. The summed E-state index contributed by atoms with van der Waals surface area (Å²) in [5.41, 5.74) is -0.463. The van der Waals surface area contributed by atoms with Gasteiger partial charge in [-0.3, -0.25) is 4.79 Å². The van der Waals surface area contributed by atoms with E-state index < -0.39 is 35.2 Å². The van der Waals surface area contributed by atoms with Crippen molar-refractivity contribution in [2.24, 2.45) is 0 Å². The van der Waals surface area contributed by atoms with Gasteiger partial charge in [-0.05, 0) is 43.3 Å². The SMILES string of the molecule is C[C@@H](Oc1ccc(Cl)cc1)C(=O)Nc1ccc(F)c(F)c1F. The first-order valence-electron chi connectivity index (χ1n) is 6.25. The zero-order chi connectivity index (χ0) is 16.3. The summed E-state index contributed by atoms with van der Waals surface area (Å²) in [7, 11) is 0. The number of anilines is 1. The molecule has 1 N–H and O–H groups in total. The maximum absolute atomic E-state index is 13.5. The number of hydrogen-bond donors (Lipinski definition) is 1. The molecule has 7 heteroatoms. The standard InChI is InChI=1S/C15H11ClF3NO2/c1-8(22-10-4-2-9(16)3-5-10)15(21)20-12-7-6-11(17)13(18)14(12)19/h2-8H,1H3,(H,20,21)/t8-/m1/s1. The van der Waals surface area contributed by atoms with Gasteiger partial charge in [-0.15, -0.1) is 0 Å². The molecule has 0 aliphatic carbocycles. The van der Waals surface area contributed by atoms with Crippen LogP contribution in [0.15, 0.2) is 36.4 Å². The molecule has 0 fully saturated rings. The Balaban J connectivity index is 2.05. The van der Waals surface area contributed by atoms with Crippen LogP contribution in [0.25, 0.3) is 0 Å². The molecular formula is C15H11ClF3NO2. The number of hydrogen-bond acceptors (Lipinski definition) is 2. The van der Waals surface area contributed by atoms with Crippen molar-refractivity contribution in [3.8, 4) is 5.75 Å². The Morgan fingerprint density at radius 1 is 1.09 bits per heavy atom. The maximum atomic E-state index is 13.5. The Bertz CT molecular complexity index is 692. The number of carbonyl (C=O) groups excluding carboxylic acids is 1. The first-order valence-corrected chi connectivity index (χ1v) is 6.63. The van der Waals surface area contributed by atoms with Crippen LogP contribution in [0.4, 0.5) is 18.9 Å². The van der Waals surface area contributed by atoms with Crippen molar-refractivity contribution in [2.75, 3.05) is 5.32 Å². The van der Waals surface area contributed by atoms with E-state index in [0.717, 1.165) is 12.1 Å². The van der Waals surface area contributed by atoms with Crippen LogP contribution in [-0.2, 0) is 4.79 Å². The quantitative estimate of drug-likeness (QED) is 0.855. The predicted octanol–water partition coefficient (Wildman–Crippen LogP) is 4.16. The summed E-state index contributed by atoms with van der Waals surface area (Å²) in [5, 5.41) is 2.65. The topological polar surface area (TPSA) is 38.3 Å². The molecule has 3 nitrogen and oxygen atoms in total. The number of ether oxygens (including phenoxy) is 1. The summed E-state index contributed by atoms with van der Waals surface area (Å²) in [6.45, 7) is 1.43. The van der Waals surface area contributed by atoms with Gasteiger partial charge in [-0.25, -0.2) is 13.2 Å². The largest absolute Gasteiger partial charge is 0.481 e. The molecule has 1 atom stereocenters. The van der Waals surface area contributed by atoms with E-state index in [1.165, 1.54) is 6.92 Å². The van der Waals surface area contributed by atoms with Gasteiger partial charge in [-0.1, -0.05) is 11.6 Å². The number of halogens is 4. The molecule has 0 aromatic heterocycles. The average Bonchev–Trinajstić information content (AvgIpc) is 2.50. The summed E-state index contributed by atoms with van der Waals surface area (Å²) in [4.78, 5) is 11.9. The smallest absolute Gasteiger partial charge is 0.265 e. The van der Waals surface area contributed by atoms with E-state index >= 15 is 0 Å². The zero-order valence-electron chi connectivity index (χ0n) is 11.4. The summed E-state index contributed by atoms with van der Waals surface area (Å²) < 4.78 is 44.7. The third kappa shape index (κ3) is 3.71. The fourth-order valence-corrected chi connectivity index (χ4v) is 1.75. The minimum atomic E-state index is -1.65. The first-order chi connectivity index (χ1) is 10.4. The van der Waals surface area contributed by atoms with E-state index in [4.69, 9.17) is 16.3 Å². The molecule has 0 radical (unpaired) electrons. The second-order valence-electron chi connectivity index (χ2n) is 4.43. The highest BCUT2D eigenvalue weighted by Crippen LogP contribution is 2.21. The summed E-state index contributed by atoms with van der Waals surface area (Å²) in [6.07, 6.45) is -0.978. The summed E-state index contributed by atoms with van der Waals surface area (Å²) >= 11 is 5.72. The van der Waals surface area contributed by atoms with Crippen LogP contribution < -0.4 is 10.1 Å². The zero-order valence-corrected chi connectivity index (χ0v) is 12.1. The minimum absolute atomic E-state index is 0.387. The third-order valence-corrected chi connectivity index (χ3v) is 3.04. The number of rotatable bonds is 4. The number of carbonyl (C=O) groups is 1. The van der Waals surface area contributed by atoms with E-state index in [9.17, 15) is 18.0 Å². The minimum Gasteiger partial charge on any atom is -0.481 e. The molecule has 0 spiro atoms. The molecule has 2 rings (SSSR count). The van der Waals surface area contributed by atoms with Gasteiger partial charge in [0.2, 0.25) is 0 Å². The molecule has 22 heavy (non-hydrogen) atoms. The monoisotopic (exact) mass is 329 g/mol. The van der Waals surface area contributed by atoms with Gasteiger partial charge in [0.15, 0.2) is 23.6 Å². The second kappa shape index (κ2) is 6.70. The van der Waals surface area contributed by atoms with Crippen LogP contribution in [0.5, 0.6) is 5.75 Å². The molecule has 0 aliphatic rings. The lowest BCUT2D eigenvalue weighted by Gasteiger charge is -2.15. The Hall–Kier alpha value is -2.21.